The van der Waals surface area contributed by atoms with Crippen LogP contribution in [-0.2, 0) is 0 Å². The van der Waals surface area contributed by atoms with Crippen LogP contribution in [0.2, 0.25) is 0 Å². The van der Waals surface area contributed by atoms with Crippen molar-refractivity contribution in [1.29, 1.82) is 0 Å². The summed E-state index contributed by atoms with van der Waals surface area (Å²) in [6.07, 6.45) is 3.26. The minimum atomic E-state index is 0.303. The lowest BCUT2D eigenvalue weighted by Gasteiger charge is -1.99. The summed E-state index contributed by atoms with van der Waals surface area (Å²) < 4.78 is 4.89. The Balaban J connectivity index is 2.41. The maximum atomic E-state index is 4.89. The van der Waals surface area contributed by atoms with Crippen molar-refractivity contribution in [3.05, 3.63) is 24.2 Å². The van der Waals surface area contributed by atoms with E-state index in [1.54, 1.807) is 18.5 Å². The topological polar surface area (TPSA) is 65.7 Å². The van der Waals surface area contributed by atoms with Gasteiger partial charge in [-0.05, 0) is 6.92 Å². The van der Waals surface area contributed by atoms with Crippen molar-refractivity contribution in [2.24, 2.45) is 0 Å². The molecule has 0 aliphatic carbocycles. The molecular formula is C8H9N5O. The van der Waals surface area contributed by atoms with E-state index in [0.29, 0.717) is 11.8 Å². The summed E-state index contributed by atoms with van der Waals surface area (Å²) in [5.41, 5.74) is 0.836. The number of methoxy groups -OCH3 is 1. The lowest BCUT2D eigenvalue weighted by atomic mass is 10.6. The number of hydrogen-bond donors (Lipinski definition) is 0. The van der Waals surface area contributed by atoms with Gasteiger partial charge in [-0.25, -0.2) is 4.98 Å². The van der Waals surface area contributed by atoms with Crippen LogP contribution in [-0.4, -0.2) is 32.1 Å². The number of hydrogen-bond acceptors (Lipinski definition) is 5. The molecule has 14 heavy (non-hydrogen) atoms. The molecule has 0 amide bonds. The molecule has 0 fully saturated rings. The van der Waals surface area contributed by atoms with Gasteiger partial charge in [0.2, 0.25) is 0 Å². The van der Waals surface area contributed by atoms with Crippen LogP contribution in [0.25, 0.3) is 5.82 Å². The summed E-state index contributed by atoms with van der Waals surface area (Å²) >= 11 is 0. The fraction of sp³-hybridized carbons (Fsp3) is 0.250. The molecule has 2 aromatic heterocycles. The average Bonchev–Trinajstić information content (AvgIpc) is 2.65. The van der Waals surface area contributed by atoms with E-state index in [0.717, 1.165) is 5.69 Å². The summed E-state index contributed by atoms with van der Waals surface area (Å²) in [6, 6.07) is 2.01. The van der Waals surface area contributed by atoms with Gasteiger partial charge >= 0.3 is 6.01 Å². The molecule has 2 rings (SSSR count). The first-order valence-corrected chi connectivity index (χ1v) is 4.06. The van der Waals surface area contributed by atoms with Crippen LogP contribution < -0.4 is 4.74 Å². The van der Waals surface area contributed by atoms with E-state index >= 15 is 0 Å². The van der Waals surface area contributed by atoms with E-state index in [1.165, 1.54) is 11.9 Å². The molecule has 6 nitrogen and oxygen atoms in total. The Hall–Kier alpha value is -1.98. The third-order valence-electron chi connectivity index (χ3n) is 1.61. The van der Waals surface area contributed by atoms with E-state index in [4.69, 9.17) is 4.74 Å². The molecule has 0 bridgehead atoms. The molecule has 2 aromatic rings. The van der Waals surface area contributed by atoms with Crippen LogP contribution in [0.5, 0.6) is 6.01 Å². The minimum absolute atomic E-state index is 0.303. The zero-order valence-electron chi connectivity index (χ0n) is 7.88. The van der Waals surface area contributed by atoms with E-state index in [-0.39, 0.29) is 0 Å². The molecule has 6 heteroatoms. The smallest absolute Gasteiger partial charge is 0.318 e. The minimum Gasteiger partial charge on any atom is -0.467 e. The van der Waals surface area contributed by atoms with Gasteiger partial charge in [-0.15, -0.1) is 4.80 Å². The van der Waals surface area contributed by atoms with Gasteiger partial charge in [-0.1, -0.05) is 0 Å². The second kappa shape index (κ2) is 3.41. The van der Waals surface area contributed by atoms with Gasteiger partial charge in [0.05, 0.1) is 19.0 Å². The Morgan fingerprint density at radius 3 is 2.93 bits per heavy atom. The number of nitrogens with zero attached hydrogens (tertiary/aromatic N) is 5. The van der Waals surface area contributed by atoms with Gasteiger partial charge in [-0.2, -0.15) is 15.2 Å². The fourth-order valence-corrected chi connectivity index (χ4v) is 0.991. The Morgan fingerprint density at radius 2 is 2.29 bits per heavy atom. The molecule has 0 unspecified atom stereocenters. The van der Waals surface area contributed by atoms with Crippen LogP contribution in [0.1, 0.15) is 5.69 Å². The van der Waals surface area contributed by atoms with Crippen molar-refractivity contribution in [3.63, 3.8) is 0 Å². The van der Waals surface area contributed by atoms with Crippen LogP contribution in [0.15, 0.2) is 18.5 Å². The highest BCUT2D eigenvalue weighted by atomic mass is 16.5. The standard InChI is InChI=1S/C8H9N5O/c1-6-5-10-13(12-6)7-3-4-9-8(11-7)14-2/h3-5H,1-2H3. The highest BCUT2D eigenvalue weighted by Gasteiger charge is 2.03. The lowest BCUT2D eigenvalue weighted by Crippen LogP contribution is -2.03. The molecule has 0 radical (unpaired) electrons. The van der Waals surface area contributed by atoms with Crippen molar-refractivity contribution >= 4 is 0 Å². The maximum absolute atomic E-state index is 4.89. The monoisotopic (exact) mass is 191 g/mol. The highest BCUT2D eigenvalue weighted by molar-refractivity contribution is 5.19. The van der Waals surface area contributed by atoms with Crippen molar-refractivity contribution < 1.29 is 4.74 Å². The number of rotatable bonds is 2. The van der Waals surface area contributed by atoms with Crippen LogP contribution >= 0.6 is 0 Å². The van der Waals surface area contributed by atoms with Crippen molar-refractivity contribution in [2.75, 3.05) is 7.11 Å². The Bertz CT molecular complexity index is 439. The summed E-state index contributed by atoms with van der Waals surface area (Å²) in [7, 11) is 1.51. The van der Waals surface area contributed by atoms with Gasteiger partial charge < -0.3 is 4.74 Å². The molecule has 0 aliphatic heterocycles. The van der Waals surface area contributed by atoms with E-state index in [2.05, 4.69) is 20.2 Å². The van der Waals surface area contributed by atoms with Crippen LogP contribution in [0, 0.1) is 6.92 Å². The maximum Gasteiger partial charge on any atom is 0.318 e. The van der Waals surface area contributed by atoms with Crippen molar-refractivity contribution in [3.8, 4) is 11.8 Å². The predicted octanol–water partition coefficient (Wildman–Crippen LogP) is 0.374. The zero-order valence-corrected chi connectivity index (χ0v) is 7.88. The Labute approximate surface area is 80.6 Å². The van der Waals surface area contributed by atoms with Gasteiger partial charge in [0.1, 0.15) is 0 Å². The Kier molecular flexibility index (Phi) is 2.10. The SMILES string of the molecule is COc1nccc(-n2ncc(C)n2)n1. The van der Waals surface area contributed by atoms with Gasteiger partial charge in [0, 0.05) is 12.3 Å². The molecule has 0 atom stereocenters. The summed E-state index contributed by atoms with van der Waals surface area (Å²) in [6.45, 7) is 1.86. The highest BCUT2D eigenvalue weighted by Crippen LogP contribution is 2.05. The first-order chi connectivity index (χ1) is 6.79. The molecule has 0 saturated heterocycles. The van der Waals surface area contributed by atoms with Crippen molar-refractivity contribution in [1.82, 2.24) is 25.0 Å². The fourth-order valence-electron chi connectivity index (χ4n) is 0.991. The normalized spacial score (nSPS) is 10.1. The Morgan fingerprint density at radius 1 is 1.43 bits per heavy atom. The first kappa shape index (κ1) is 8.61. The zero-order chi connectivity index (χ0) is 9.97. The summed E-state index contributed by atoms with van der Waals surface area (Å²) in [5.74, 6) is 0.588. The van der Waals surface area contributed by atoms with E-state index in [9.17, 15) is 0 Å². The lowest BCUT2D eigenvalue weighted by molar-refractivity contribution is 0.378. The number of ether oxygens (including phenoxy) is 1. The van der Waals surface area contributed by atoms with Crippen LogP contribution in [0.3, 0.4) is 0 Å². The molecule has 2 heterocycles. The second-order valence-electron chi connectivity index (χ2n) is 2.68. The molecule has 0 spiro atoms. The van der Waals surface area contributed by atoms with Crippen LogP contribution in [0.4, 0.5) is 0 Å². The molecule has 0 N–H and O–H groups in total. The van der Waals surface area contributed by atoms with E-state index < -0.39 is 0 Å². The molecular weight excluding hydrogens is 182 g/mol. The number of aryl methyl sites for hydroxylation is 1. The first-order valence-electron chi connectivity index (χ1n) is 4.06. The van der Waals surface area contributed by atoms with Gasteiger partial charge in [-0.3, -0.25) is 0 Å². The summed E-state index contributed by atoms with van der Waals surface area (Å²) in [4.78, 5) is 9.40. The second-order valence-corrected chi connectivity index (χ2v) is 2.68. The molecule has 72 valence electrons. The quantitative estimate of drug-likeness (QED) is 0.686. The van der Waals surface area contributed by atoms with Gasteiger partial charge in [0.15, 0.2) is 5.82 Å². The molecule has 0 saturated carbocycles. The third kappa shape index (κ3) is 1.54. The average molecular weight is 191 g/mol. The largest absolute Gasteiger partial charge is 0.467 e. The third-order valence-corrected chi connectivity index (χ3v) is 1.61. The molecule has 0 aromatic carbocycles. The van der Waals surface area contributed by atoms with E-state index in [1.807, 2.05) is 6.92 Å². The predicted molar refractivity (Wildman–Crippen MR) is 48.2 cm³/mol. The molecule has 0 aliphatic rings. The van der Waals surface area contributed by atoms with Gasteiger partial charge in [0.25, 0.3) is 0 Å². The summed E-state index contributed by atoms with van der Waals surface area (Å²) in [5, 5.41) is 8.14. The van der Waals surface area contributed by atoms with Crippen molar-refractivity contribution in [2.45, 2.75) is 6.92 Å². The number of aromatic nitrogens is 5.